The summed E-state index contributed by atoms with van der Waals surface area (Å²) in [6.07, 6.45) is 0. The second-order valence-corrected chi connectivity index (χ2v) is 5.81. The zero-order chi connectivity index (χ0) is 18.7. The minimum Gasteiger partial charge on any atom is -0.497 e. The van der Waals surface area contributed by atoms with E-state index in [-0.39, 0.29) is 17.1 Å². The first kappa shape index (κ1) is 17.5. The number of methoxy groups -OCH3 is 2. The van der Waals surface area contributed by atoms with Gasteiger partial charge in [-0.15, -0.1) is 0 Å². The predicted molar refractivity (Wildman–Crippen MR) is 97.8 cm³/mol. The molecular weight excluding hydrogens is 334 g/mol. The van der Waals surface area contributed by atoms with Crippen LogP contribution in [0.3, 0.4) is 0 Å². The van der Waals surface area contributed by atoms with Crippen molar-refractivity contribution in [3.63, 3.8) is 0 Å². The Morgan fingerprint density at radius 3 is 2.58 bits per heavy atom. The van der Waals surface area contributed by atoms with Crippen LogP contribution in [-0.4, -0.2) is 32.1 Å². The molecule has 6 nitrogen and oxygen atoms in total. The minimum atomic E-state index is -0.384. The Kier molecular flexibility index (Phi) is 4.93. The summed E-state index contributed by atoms with van der Waals surface area (Å²) in [4.78, 5) is 26.4. The Morgan fingerprint density at radius 2 is 1.85 bits per heavy atom. The zero-order valence-electron chi connectivity index (χ0n) is 14.8. The van der Waals surface area contributed by atoms with Gasteiger partial charge in [0.1, 0.15) is 17.1 Å². The molecule has 0 fully saturated rings. The Hall–Kier alpha value is -3.28. The van der Waals surface area contributed by atoms with Crippen LogP contribution in [0.2, 0.25) is 0 Å². The monoisotopic (exact) mass is 353 g/mol. The lowest BCUT2D eigenvalue weighted by molar-refractivity contribution is 0.0753. The molecule has 0 unspecified atom stereocenters. The highest BCUT2D eigenvalue weighted by Gasteiger charge is 2.18. The first-order valence-electron chi connectivity index (χ1n) is 8.02. The molecule has 0 N–H and O–H groups in total. The maximum Gasteiger partial charge on any atom is 0.289 e. The van der Waals surface area contributed by atoms with E-state index in [4.69, 9.17) is 13.9 Å². The van der Waals surface area contributed by atoms with E-state index in [2.05, 4.69) is 0 Å². The molecule has 6 heteroatoms. The van der Waals surface area contributed by atoms with Crippen LogP contribution in [0.1, 0.15) is 16.1 Å². The molecule has 0 atom stereocenters. The number of para-hydroxylation sites is 1. The second kappa shape index (κ2) is 7.31. The molecule has 0 bridgehead atoms. The summed E-state index contributed by atoms with van der Waals surface area (Å²) < 4.78 is 16.2. The number of ether oxygens (including phenoxy) is 2. The molecule has 0 radical (unpaired) electrons. The second-order valence-electron chi connectivity index (χ2n) is 5.81. The van der Waals surface area contributed by atoms with Crippen LogP contribution in [0.5, 0.6) is 11.5 Å². The molecular formula is C20H19NO5. The van der Waals surface area contributed by atoms with Gasteiger partial charge in [-0.1, -0.05) is 12.1 Å². The van der Waals surface area contributed by atoms with Crippen LogP contribution >= 0.6 is 0 Å². The number of hydrogen-bond acceptors (Lipinski definition) is 5. The molecule has 26 heavy (non-hydrogen) atoms. The van der Waals surface area contributed by atoms with Gasteiger partial charge >= 0.3 is 0 Å². The Labute approximate surface area is 150 Å². The van der Waals surface area contributed by atoms with E-state index in [1.165, 1.54) is 11.0 Å². The number of amides is 1. The molecule has 0 aliphatic rings. The van der Waals surface area contributed by atoms with E-state index >= 15 is 0 Å². The predicted octanol–water partition coefficient (Wildman–Crippen LogP) is 3.08. The van der Waals surface area contributed by atoms with Crippen LogP contribution in [0.25, 0.3) is 11.0 Å². The van der Waals surface area contributed by atoms with Gasteiger partial charge in [0.05, 0.1) is 19.6 Å². The standard InChI is InChI=1S/C20H19NO5/c1-21(12-13-8-9-14(24-2)10-18(13)25-3)20(23)19-11-16(22)15-6-4-5-7-17(15)26-19/h4-11H,12H2,1-3H3. The molecule has 0 saturated carbocycles. The van der Waals surface area contributed by atoms with Gasteiger partial charge in [0.2, 0.25) is 0 Å². The van der Waals surface area contributed by atoms with E-state index in [0.717, 1.165) is 5.56 Å². The lowest BCUT2D eigenvalue weighted by Crippen LogP contribution is -2.27. The maximum absolute atomic E-state index is 12.7. The van der Waals surface area contributed by atoms with E-state index in [9.17, 15) is 9.59 Å². The Bertz CT molecular complexity index is 1010. The number of carbonyl (C=O) groups excluding carboxylic acids is 1. The fourth-order valence-electron chi connectivity index (χ4n) is 2.71. The van der Waals surface area contributed by atoms with Crippen molar-refractivity contribution in [1.82, 2.24) is 4.90 Å². The molecule has 3 rings (SSSR count). The largest absolute Gasteiger partial charge is 0.497 e. The van der Waals surface area contributed by atoms with E-state index < -0.39 is 0 Å². The molecule has 134 valence electrons. The number of fused-ring (bicyclic) bond motifs is 1. The number of benzene rings is 2. The lowest BCUT2D eigenvalue weighted by atomic mass is 10.1. The van der Waals surface area contributed by atoms with Crippen molar-refractivity contribution in [1.29, 1.82) is 0 Å². The van der Waals surface area contributed by atoms with Gasteiger partial charge in [-0.05, 0) is 24.3 Å². The van der Waals surface area contributed by atoms with Crippen molar-refractivity contribution in [2.45, 2.75) is 6.54 Å². The van der Waals surface area contributed by atoms with E-state index in [1.807, 2.05) is 6.07 Å². The highest BCUT2D eigenvalue weighted by Crippen LogP contribution is 2.26. The molecule has 1 amide bonds. The van der Waals surface area contributed by atoms with Crippen LogP contribution < -0.4 is 14.9 Å². The molecule has 2 aromatic carbocycles. The highest BCUT2D eigenvalue weighted by molar-refractivity contribution is 5.93. The van der Waals surface area contributed by atoms with E-state index in [1.54, 1.807) is 57.7 Å². The van der Waals surface area contributed by atoms with Crippen molar-refractivity contribution in [2.24, 2.45) is 0 Å². The van der Waals surface area contributed by atoms with Gasteiger partial charge in [-0.3, -0.25) is 9.59 Å². The number of rotatable bonds is 5. The smallest absolute Gasteiger partial charge is 0.289 e. The zero-order valence-corrected chi connectivity index (χ0v) is 14.8. The fraction of sp³-hybridized carbons (Fsp3) is 0.200. The van der Waals surface area contributed by atoms with Crippen LogP contribution in [0.15, 0.2) is 57.7 Å². The van der Waals surface area contributed by atoms with Gasteiger partial charge in [0, 0.05) is 31.3 Å². The van der Waals surface area contributed by atoms with Crippen molar-refractivity contribution in [3.05, 3.63) is 70.1 Å². The van der Waals surface area contributed by atoms with Gasteiger partial charge in [-0.2, -0.15) is 0 Å². The highest BCUT2D eigenvalue weighted by atomic mass is 16.5. The number of nitrogens with zero attached hydrogens (tertiary/aromatic N) is 1. The first-order chi connectivity index (χ1) is 12.5. The Morgan fingerprint density at radius 1 is 1.08 bits per heavy atom. The average molecular weight is 353 g/mol. The van der Waals surface area contributed by atoms with Crippen LogP contribution in [-0.2, 0) is 6.54 Å². The van der Waals surface area contributed by atoms with Crippen molar-refractivity contribution in [3.8, 4) is 11.5 Å². The third kappa shape index (κ3) is 3.39. The van der Waals surface area contributed by atoms with Crippen molar-refractivity contribution in [2.75, 3.05) is 21.3 Å². The van der Waals surface area contributed by atoms with Gasteiger partial charge in [0.15, 0.2) is 11.2 Å². The normalized spacial score (nSPS) is 10.6. The van der Waals surface area contributed by atoms with Crippen molar-refractivity contribution < 1.29 is 18.7 Å². The third-order valence-electron chi connectivity index (χ3n) is 4.09. The van der Waals surface area contributed by atoms with Crippen LogP contribution in [0.4, 0.5) is 0 Å². The average Bonchev–Trinajstić information content (AvgIpc) is 2.67. The molecule has 0 spiro atoms. The summed E-state index contributed by atoms with van der Waals surface area (Å²) in [6.45, 7) is 0.294. The molecule has 1 heterocycles. The summed E-state index contributed by atoms with van der Waals surface area (Å²) in [7, 11) is 4.77. The van der Waals surface area contributed by atoms with Crippen molar-refractivity contribution >= 4 is 16.9 Å². The first-order valence-corrected chi connectivity index (χ1v) is 8.02. The van der Waals surface area contributed by atoms with Gasteiger partial charge in [-0.25, -0.2) is 0 Å². The third-order valence-corrected chi connectivity index (χ3v) is 4.09. The molecule has 3 aromatic rings. The summed E-state index contributed by atoms with van der Waals surface area (Å²) in [5.41, 5.74) is 0.955. The van der Waals surface area contributed by atoms with Crippen LogP contribution in [0, 0.1) is 0 Å². The molecule has 0 saturated heterocycles. The Balaban J connectivity index is 1.88. The fourth-order valence-corrected chi connectivity index (χ4v) is 2.71. The summed E-state index contributed by atoms with van der Waals surface area (Å²) in [5, 5.41) is 0.448. The maximum atomic E-state index is 12.7. The molecule has 0 aliphatic carbocycles. The minimum absolute atomic E-state index is 0.00341. The SMILES string of the molecule is COc1ccc(CN(C)C(=O)c2cc(=O)c3ccccc3o2)c(OC)c1. The quantitative estimate of drug-likeness (QED) is 0.705. The van der Waals surface area contributed by atoms with E-state index in [0.29, 0.717) is 29.0 Å². The summed E-state index contributed by atoms with van der Waals surface area (Å²) in [5.74, 6) is 0.901. The topological polar surface area (TPSA) is 69.0 Å². The van der Waals surface area contributed by atoms with Gasteiger partial charge in [0.25, 0.3) is 5.91 Å². The number of hydrogen-bond donors (Lipinski definition) is 0. The number of carbonyl (C=O) groups is 1. The lowest BCUT2D eigenvalue weighted by Gasteiger charge is -2.18. The van der Waals surface area contributed by atoms with Gasteiger partial charge < -0.3 is 18.8 Å². The molecule has 1 aromatic heterocycles. The summed E-state index contributed by atoms with van der Waals surface area (Å²) in [6, 6.07) is 13.5. The molecule has 0 aliphatic heterocycles. The summed E-state index contributed by atoms with van der Waals surface area (Å²) >= 11 is 0.